The molecule has 0 saturated heterocycles. The van der Waals surface area contributed by atoms with Gasteiger partial charge in [0, 0.05) is 16.6 Å². The third kappa shape index (κ3) is 5.15. The van der Waals surface area contributed by atoms with Crippen molar-refractivity contribution in [1.82, 2.24) is 4.98 Å². The Labute approximate surface area is 198 Å². The Balaban J connectivity index is 2.03. The molecule has 2 N–H and O–H groups in total. The van der Waals surface area contributed by atoms with Crippen LogP contribution in [-0.4, -0.2) is 46.3 Å². The van der Waals surface area contributed by atoms with Crippen LogP contribution in [0.4, 0.5) is 18.9 Å². The number of halogens is 4. The molecule has 0 bridgehead atoms. The van der Waals surface area contributed by atoms with Crippen molar-refractivity contribution in [3.05, 3.63) is 64.8 Å². The highest BCUT2D eigenvalue weighted by Crippen LogP contribution is 2.43. The normalized spacial score (nSPS) is 14.4. The van der Waals surface area contributed by atoms with E-state index in [2.05, 4.69) is 9.98 Å². The summed E-state index contributed by atoms with van der Waals surface area (Å²) >= 11 is 5.98. The number of aliphatic imine (C=N–C) groups is 1. The molecule has 0 radical (unpaired) electrons. The van der Waals surface area contributed by atoms with Gasteiger partial charge in [0.1, 0.15) is 11.4 Å². The number of alkyl halides is 3. The number of carboxylic acid groups (broad SMARTS) is 1. The first-order chi connectivity index (χ1) is 15.8. The summed E-state index contributed by atoms with van der Waals surface area (Å²) in [5, 5.41) is 20.6. The summed E-state index contributed by atoms with van der Waals surface area (Å²) in [6, 6.07) is 11.7. The molecular formula is C24H22ClF3N2O4. The minimum atomic E-state index is -5.03. The first kappa shape index (κ1) is 25.5. The number of hydrogen-bond donors (Lipinski definition) is 2. The molecule has 180 valence electrons. The summed E-state index contributed by atoms with van der Waals surface area (Å²) in [6.07, 6.45) is -5.32. The highest BCUT2D eigenvalue weighted by atomic mass is 35.5. The predicted molar refractivity (Wildman–Crippen MR) is 124 cm³/mol. The van der Waals surface area contributed by atoms with Crippen LogP contribution < -0.4 is 4.74 Å². The second-order valence-electron chi connectivity index (χ2n) is 8.43. The van der Waals surface area contributed by atoms with Gasteiger partial charge < -0.3 is 14.9 Å². The lowest BCUT2D eigenvalue weighted by atomic mass is 9.75. The summed E-state index contributed by atoms with van der Waals surface area (Å²) in [7, 11) is 1.38. The molecule has 0 spiro atoms. The minimum absolute atomic E-state index is 0.103. The standard InChI is InChI=1S/C24H22ClF3N2O4/c1-22(2,16-9-7-14(25)11-20(16)34-3)12-23(33,24(26,27)28)13-29-17-5-4-6-18-15(17)8-10-19(30-18)21(31)32/h4-11,13,33H,12H2,1-3H3,(H,31,32). The van der Waals surface area contributed by atoms with Crippen molar-refractivity contribution in [3.63, 3.8) is 0 Å². The van der Waals surface area contributed by atoms with E-state index in [9.17, 15) is 23.1 Å². The molecule has 2 aromatic carbocycles. The van der Waals surface area contributed by atoms with Crippen LogP contribution in [0.15, 0.2) is 53.5 Å². The fraction of sp³-hybridized carbons (Fsp3) is 0.292. The third-order valence-corrected chi connectivity index (χ3v) is 5.68. The lowest BCUT2D eigenvalue weighted by Crippen LogP contribution is -2.50. The van der Waals surface area contributed by atoms with E-state index in [-0.39, 0.29) is 16.9 Å². The van der Waals surface area contributed by atoms with Gasteiger partial charge in [-0.15, -0.1) is 0 Å². The SMILES string of the molecule is COc1cc(Cl)ccc1C(C)(C)CC(O)(C=Nc1cccc2nc(C(=O)O)ccc12)C(F)(F)F. The topological polar surface area (TPSA) is 92.0 Å². The first-order valence-corrected chi connectivity index (χ1v) is 10.5. The Bertz CT molecular complexity index is 1260. The lowest BCUT2D eigenvalue weighted by molar-refractivity contribution is -0.234. The fourth-order valence-electron chi connectivity index (χ4n) is 3.76. The molecule has 0 amide bonds. The molecule has 34 heavy (non-hydrogen) atoms. The van der Waals surface area contributed by atoms with Gasteiger partial charge in [0.25, 0.3) is 0 Å². The van der Waals surface area contributed by atoms with Crippen LogP contribution in [0.1, 0.15) is 36.3 Å². The summed E-state index contributed by atoms with van der Waals surface area (Å²) < 4.78 is 47.5. The molecule has 0 fully saturated rings. The zero-order valence-electron chi connectivity index (χ0n) is 18.5. The fourth-order valence-corrected chi connectivity index (χ4v) is 3.92. The predicted octanol–water partition coefficient (Wildman–Crippen LogP) is 5.96. The highest BCUT2D eigenvalue weighted by Gasteiger charge is 2.55. The van der Waals surface area contributed by atoms with Crippen LogP contribution >= 0.6 is 11.6 Å². The van der Waals surface area contributed by atoms with Crippen molar-refractivity contribution in [2.45, 2.75) is 37.5 Å². The molecule has 6 nitrogen and oxygen atoms in total. The second kappa shape index (κ2) is 9.23. The number of fused-ring (bicyclic) bond motifs is 1. The molecular weight excluding hydrogens is 473 g/mol. The van der Waals surface area contributed by atoms with E-state index in [1.165, 1.54) is 49.6 Å². The van der Waals surface area contributed by atoms with Crippen molar-refractivity contribution in [3.8, 4) is 5.75 Å². The first-order valence-electron chi connectivity index (χ1n) is 10.1. The van der Waals surface area contributed by atoms with Crippen LogP contribution in [0.3, 0.4) is 0 Å². The molecule has 1 aromatic heterocycles. The van der Waals surface area contributed by atoms with Gasteiger partial charge >= 0.3 is 12.1 Å². The van der Waals surface area contributed by atoms with E-state index in [1.807, 2.05) is 0 Å². The van der Waals surface area contributed by atoms with E-state index in [4.69, 9.17) is 21.4 Å². The maximum atomic E-state index is 14.1. The van der Waals surface area contributed by atoms with Gasteiger partial charge in [-0.25, -0.2) is 9.78 Å². The molecule has 3 aromatic rings. The summed E-state index contributed by atoms with van der Waals surface area (Å²) in [4.78, 5) is 19.1. The van der Waals surface area contributed by atoms with Crippen molar-refractivity contribution >= 4 is 40.4 Å². The Morgan fingerprint density at radius 3 is 2.50 bits per heavy atom. The number of aromatic nitrogens is 1. The maximum absolute atomic E-state index is 14.1. The number of ether oxygens (including phenoxy) is 1. The number of carboxylic acids is 1. The van der Waals surface area contributed by atoms with Crippen molar-refractivity contribution in [1.29, 1.82) is 0 Å². The quantitative estimate of drug-likeness (QED) is 0.395. The zero-order chi connectivity index (χ0) is 25.3. The molecule has 0 aliphatic heterocycles. The van der Waals surface area contributed by atoms with Gasteiger partial charge in [-0.2, -0.15) is 13.2 Å². The highest BCUT2D eigenvalue weighted by molar-refractivity contribution is 6.30. The molecule has 3 rings (SSSR count). The Hall–Kier alpha value is -3.17. The van der Waals surface area contributed by atoms with Crippen LogP contribution in [-0.2, 0) is 5.41 Å². The molecule has 0 saturated carbocycles. The van der Waals surface area contributed by atoms with Gasteiger partial charge in [0.2, 0.25) is 0 Å². The number of pyridine rings is 1. The number of carbonyl (C=O) groups is 1. The van der Waals surface area contributed by atoms with Crippen molar-refractivity contribution in [2.75, 3.05) is 7.11 Å². The van der Waals surface area contributed by atoms with E-state index in [0.29, 0.717) is 27.9 Å². The van der Waals surface area contributed by atoms with E-state index < -0.39 is 29.6 Å². The summed E-state index contributed by atoms with van der Waals surface area (Å²) in [5.74, 6) is -0.935. The number of hydrogen-bond acceptors (Lipinski definition) is 5. The Morgan fingerprint density at radius 1 is 1.18 bits per heavy atom. The maximum Gasteiger partial charge on any atom is 0.422 e. The third-order valence-electron chi connectivity index (χ3n) is 5.44. The van der Waals surface area contributed by atoms with Gasteiger partial charge in [0.05, 0.1) is 18.3 Å². The van der Waals surface area contributed by atoms with Crippen molar-refractivity contribution < 1.29 is 32.9 Å². The zero-order valence-corrected chi connectivity index (χ0v) is 19.3. The number of benzene rings is 2. The van der Waals surface area contributed by atoms with Gasteiger partial charge in [-0.3, -0.25) is 4.99 Å². The molecule has 1 atom stereocenters. The number of nitrogens with zero attached hydrogens (tertiary/aromatic N) is 2. The van der Waals surface area contributed by atoms with Crippen LogP contribution in [0.25, 0.3) is 10.9 Å². The monoisotopic (exact) mass is 494 g/mol. The average Bonchev–Trinajstić information content (AvgIpc) is 2.75. The largest absolute Gasteiger partial charge is 0.496 e. The van der Waals surface area contributed by atoms with Gasteiger partial charge in [-0.05, 0) is 53.8 Å². The van der Waals surface area contributed by atoms with Gasteiger partial charge in [0.15, 0.2) is 5.60 Å². The van der Waals surface area contributed by atoms with Crippen LogP contribution in [0.5, 0.6) is 5.75 Å². The van der Waals surface area contributed by atoms with Gasteiger partial charge in [-0.1, -0.05) is 37.6 Å². The Morgan fingerprint density at radius 2 is 1.88 bits per heavy atom. The molecule has 10 heteroatoms. The van der Waals surface area contributed by atoms with E-state index >= 15 is 0 Å². The van der Waals surface area contributed by atoms with E-state index in [1.54, 1.807) is 19.9 Å². The Kier molecular flexibility index (Phi) is 6.91. The van der Waals surface area contributed by atoms with Crippen molar-refractivity contribution in [2.24, 2.45) is 4.99 Å². The van der Waals surface area contributed by atoms with Crippen LogP contribution in [0.2, 0.25) is 5.02 Å². The number of aliphatic hydroxyl groups is 1. The number of methoxy groups -OCH3 is 1. The minimum Gasteiger partial charge on any atom is -0.496 e. The smallest absolute Gasteiger partial charge is 0.422 e. The lowest BCUT2D eigenvalue weighted by Gasteiger charge is -2.36. The number of rotatable bonds is 7. The molecule has 0 aliphatic rings. The molecule has 0 aliphatic carbocycles. The molecule has 1 unspecified atom stereocenters. The van der Waals surface area contributed by atoms with Crippen LogP contribution in [0, 0.1) is 0 Å². The second-order valence-corrected chi connectivity index (χ2v) is 8.87. The summed E-state index contributed by atoms with van der Waals surface area (Å²) in [6.45, 7) is 3.11. The summed E-state index contributed by atoms with van der Waals surface area (Å²) in [5.41, 5.74) is -3.89. The average molecular weight is 495 g/mol. The number of aromatic carboxylic acids is 1. The molecule has 1 heterocycles. The van der Waals surface area contributed by atoms with E-state index in [0.717, 1.165) is 0 Å².